The number of rotatable bonds is 5. The summed E-state index contributed by atoms with van der Waals surface area (Å²) in [5.41, 5.74) is 1.65. The molecule has 0 heterocycles. The van der Waals surface area contributed by atoms with Crippen LogP contribution in [-0.2, 0) is 4.79 Å². The van der Waals surface area contributed by atoms with Crippen LogP contribution >= 0.6 is 0 Å². The molecule has 1 aliphatic carbocycles. The Kier molecular flexibility index (Phi) is 5.08. The van der Waals surface area contributed by atoms with Crippen LogP contribution in [0.25, 0.3) is 0 Å². The molecule has 0 aliphatic heterocycles. The molecule has 2 aromatic rings. The van der Waals surface area contributed by atoms with Crippen LogP contribution in [0.5, 0.6) is 0 Å². The smallest absolute Gasteiger partial charge is 0.163 e. The summed E-state index contributed by atoms with van der Waals surface area (Å²) in [5.74, 6) is -0.390. The number of carbonyl (C=O) groups excluding carboxylic acids is 2. The first-order valence-corrected chi connectivity index (χ1v) is 8.96. The average molecular weight is 348 g/mol. The van der Waals surface area contributed by atoms with Gasteiger partial charge in [-0.2, -0.15) is 0 Å². The van der Waals surface area contributed by atoms with E-state index >= 15 is 0 Å². The normalized spacial score (nSPS) is 17.8. The molecule has 0 spiro atoms. The summed E-state index contributed by atoms with van der Waals surface area (Å²) in [4.78, 5) is 25.6. The van der Waals surface area contributed by atoms with Crippen molar-refractivity contribution < 1.29 is 14.7 Å². The van der Waals surface area contributed by atoms with Crippen LogP contribution in [0.4, 0.5) is 0 Å². The fraction of sp³-hybridized carbons (Fsp3) is 0.304. The lowest BCUT2D eigenvalue weighted by molar-refractivity contribution is -0.118. The van der Waals surface area contributed by atoms with E-state index in [1.165, 1.54) is 0 Å². The number of ketones is 2. The molecule has 0 bridgehead atoms. The average Bonchev–Trinajstić information content (AvgIpc) is 2.60. The maximum Gasteiger partial charge on any atom is 0.163 e. The summed E-state index contributed by atoms with van der Waals surface area (Å²) >= 11 is 0. The highest BCUT2D eigenvalue weighted by atomic mass is 16.3. The number of allylic oxidation sites excluding steroid dienone is 2. The highest BCUT2D eigenvalue weighted by molar-refractivity contribution is 6.02. The van der Waals surface area contributed by atoms with E-state index in [0.717, 1.165) is 5.56 Å². The Morgan fingerprint density at radius 2 is 1.58 bits per heavy atom. The lowest BCUT2D eigenvalue weighted by Gasteiger charge is -2.32. The van der Waals surface area contributed by atoms with Gasteiger partial charge < -0.3 is 5.11 Å². The van der Waals surface area contributed by atoms with Crippen LogP contribution < -0.4 is 0 Å². The van der Waals surface area contributed by atoms with Crippen molar-refractivity contribution in [2.75, 3.05) is 0 Å². The fourth-order valence-electron chi connectivity index (χ4n) is 3.70. The van der Waals surface area contributed by atoms with E-state index in [4.69, 9.17) is 0 Å². The van der Waals surface area contributed by atoms with Crippen LogP contribution in [-0.4, -0.2) is 16.7 Å². The number of aliphatic hydroxyl groups excluding tert-OH is 1. The maximum absolute atomic E-state index is 12.8. The zero-order chi connectivity index (χ0) is 18.7. The molecule has 0 saturated heterocycles. The van der Waals surface area contributed by atoms with Gasteiger partial charge in [0, 0.05) is 36.3 Å². The molecule has 0 fully saturated rings. The number of hydrogen-bond acceptors (Lipinski definition) is 3. The first-order chi connectivity index (χ1) is 12.4. The van der Waals surface area contributed by atoms with Gasteiger partial charge in [0.1, 0.15) is 5.76 Å². The van der Waals surface area contributed by atoms with Crippen LogP contribution in [0.2, 0.25) is 0 Å². The van der Waals surface area contributed by atoms with Gasteiger partial charge in [-0.25, -0.2) is 0 Å². The predicted octanol–water partition coefficient (Wildman–Crippen LogP) is 5.24. The molecule has 2 aromatic carbocycles. The highest BCUT2D eigenvalue weighted by Gasteiger charge is 2.37. The van der Waals surface area contributed by atoms with Crippen molar-refractivity contribution >= 4 is 11.6 Å². The Morgan fingerprint density at radius 3 is 2.15 bits per heavy atom. The van der Waals surface area contributed by atoms with Gasteiger partial charge in [0.25, 0.3) is 0 Å². The molecule has 3 heteroatoms. The second-order valence-corrected chi connectivity index (χ2v) is 7.76. The van der Waals surface area contributed by atoms with Crippen LogP contribution in [0, 0.1) is 5.41 Å². The molecule has 1 atom stereocenters. The summed E-state index contributed by atoms with van der Waals surface area (Å²) in [7, 11) is 0. The molecular formula is C23H24O3. The standard InChI is InChI=1S/C23H24O3/c1-23(2)14-20(25)22(21(26)15-23)18(16-9-5-3-6-10-16)13-19(24)17-11-7-4-8-12-17/h3-12,18,25H,13-15H2,1-2H3. The lowest BCUT2D eigenvalue weighted by atomic mass is 9.71. The third-order valence-corrected chi connectivity index (χ3v) is 4.93. The number of carbonyl (C=O) groups is 2. The van der Waals surface area contributed by atoms with Gasteiger partial charge in [0.15, 0.2) is 11.6 Å². The Morgan fingerprint density at radius 1 is 1.00 bits per heavy atom. The zero-order valence-electron chi connectivity index (χ0n) is 15.2. The zero-order valence-corrected chi connectivity index (χ0v) is 15.2. The minimum absolute atomic E-state index is 0.0302. The minimum Gasteiger partial charge on any atom is -0.512 e. The van der Waals surface area contributed by atoms with Crippen molar-refractivity contribution in [1.82, 2.24) is 0 Å². The Labute approximate surface area is 154 Å². The first kappa shape index (κ1) is 18.1. The van der Waals surface area contributed by atoms with Crippen molar-refractivity contribution in [2.45, 2.75) is 39.0 Å². The van der Waals surface area contributed by atoms with Gasteiger partial charge in [0.2, 0.25) is 0 Å². The predicted molar refractivity (Wildman–Crippen MR) is 102 cm³/mol. The minimum atomic E-state index is -0.424. The highest BCUT2D eigenvalue weighted by Crippen LogP contribution is 2.42. The molecule has 1 N–H and O–H groups in total. The summed E-state index contributed by atoms with van der Waals surface area (Å²) in [5, 5.41) is 10.6. The van der Waals surface area contributed by atoms with Crippen molar-refractivity contribution in [3.8, 4) is 0 Å². The molecular weight excluding hydrogens is 324 g/mol. The number of benzene rings is 2. The molecule has 0 saturated carbocycles. The monoisotopic (exact) mass is 348 g/mol. The van der Waals surface area contributed by atoms with Crippen LogP contribution in [0.3, 0.4) is 0 Å². The summed E-state index contributed by atoms with van der Waals surface area (Å²) in [6.07, 6.45) is 1.01. The van der Waals surface area contributed by atoms with Crippen LogP contribution in [0.15, 0.2) is 72.0 Å². The van der Waals surface area contributed by atoms with E-state index in [-0.39, 0.29) is 29.2 Å². The number of aliphatic hydroxyl groups is 1. The van der Waals surface area contributed by atoms with Gasteiger partial charge in [0.05, 0.1) is 0 Å². The Hall–Kier alpha value is -2.68. The van der Waals surface area contributed by atoms with E-state index in [9.17, 15) is 14.7 Å². The Bertz CT molecular complexity index is 832. The number of Topliss-reactive ketones (excluding diaryl/α,β-unsaturated/α-hetero) is 2. The maximum atomic E-state index is 12.8. The third-order valence-electron chi connectivity index (χ3n) is 4.93. The quantitative estimate of drug-likeness (QED) is 0.751. The second kappa shape index (κ2) is 7.28. The van der Waals surface area contributed by atoms with E-state index in [1.54, 1.807) is 12.1 Å². The molecule has 3 nitrogen and oxygen atoms in total. The first-order valence-electron chi connectivity index (χ1n) is 8.96. The largest absolute Gasteiger partial charge is 0.512 e. The van der Waals surface area contributed by atoms with Gasteiger partial charge >= 0.3 is 0 Å². The SMILES string of the molecule is CC1(C)CC(=O)C(C(CC(=O)c2ccccc2)c2ccccc2)=C(O)C1. The van der Waals surface area contributed by atoms with Crippen LogP contribution in [0.1, 0.15) is 54.9 Å². The molecule has 0 radical (unpaired) electrons. The van der Waals surface area contributed by atoms with Gasteiger partial charge in [-0.1, -0.05) is 74.5 Å². The third kappa shape index (κ3) is 3.93. The van der Waals surface area contributed by atoms with Gasteiger partial charge in [-0.05, 0) is 11.0 Å². The van der Waals surface area contributed by atoms with E-state index < -0.39 is 5.92 Å². The Balaban J connectivity index is 2.00. The van der Waals surface area contributed by atoms with Crippen molar-refractivity contribution in [2.24, 2.45) is 5.41 Å². The van der Waals surface area contributed by atoms with E-state index in [2.05, 4.69) is 0 Å². The molecule has 0 aromatic heterocycles. The molecule has 1 unspecified atom stereocenters. The summed E-state index contributed by atoms with van der Waals surface area (Å²) in [6.45, 7) is 3.95. The van der Waals surface area contributed by atoms with Crippen molar-refractivity contribution in [3.05, 3.63) is 83.1 Å². The van der Waals surface area contributed by atoms with Crippen molar-refractivity contribution in [3.63, 3.8) is 0 Å². The molecule has 134 valence electrons. The molecule has 0 amide bonds. The molecule has 3 rings (SSSR count). The summed E-state index contributed by atoms with van der Waals surface area (Å²) in [6, 6.07) is 18.6. The number of hydrogen-bond donors (Lipinski definition) is 1. The lowest BCUT2D eigenvalue weighted by Crippen LogP contribution is -2.29. The van der Waals surface area contributed by atoms with E-state index in [1.807, 2.05) is 62.4 Å². The molecule has 1 aliphatic rings. The fourth-order valence-corrected chi connectivity index (χ4v) is 3.70. The topological polar surface area (TPSA) is 54.4 Å². The van der Waals surface area contributed by atoms with Crippen molar-refractivity contribution in [1.29, 1.82) is 0 Å². The molecule has 26 heavy (non-hydrogen) atoms. The van der Waals surface area contributed by atoms with Gasteiger partial charge in [-0.15, -0.1) is 0 Å². The summed E-state index contributed by atoms with van der Waals surface area (Å²) < 4.78 is 0. The second-order valence-electron chi connectivity index (χ2n) is 7.76. The van der Waals surface area contributed by atoms with E-state index in [0.29, 0.717) is 24.0 Å². The van der Waals surface area contributed by atoms with Gasteiger partial charge in [-0.3, -0.25) is 9.59 Å².